The topological polar surface area (TPSA) is 105 Å². The highest BCUT2D eigenvalue weighted by Crippen LogP contribution is 2.24. The maximum atomic E-state index is 12.9. The number of rotatable bonds is 9. The van der Waals surface area contributed by atoms with Crippen molar-refractivity contribution in [3.63, 3.8) is 0 Å². The summed E-state index contributed by atoms with van der Waals surface area (Å²) in [6.45, 7) is 0.226. The standard InChI is InChI=1S/C24H23NO6Si/c25-17-10-18-32(29-22(26)19-11-4-1-5-12-19,30-23(27)20-13-6-2-7-14-20)31-24(28)21-15-8-3-9-16-21/h1-9,11-16H,10,17-18,25H2. The van der Waals surface area contributed by atoms with E-state index in [0.29, 0.717) is 6.42 Å². The smallest absolute Gasteiger partial charge is 0.451 e. The molecule has 0 aliphatic carbocycles. The molecule has 0 spiro atoms. The molecule has 7 nitrogen and oxygen atoms in total. The fourth-order valence-corrected chi connectivity index (χ4v) is 5.13. The first-order chi connectivity index (χ1) is 15.5. The molecule has 3 rings (SSSR count). The Morgan fingerprint density at radius 3 is 1.19 bits per heavy atom. The first-order valence-electron chi connectivity index (χ1n) is 10.1. The summed E-state index contributed by atoms with van der Waals surface area (Å²) in [6, 6.07) is 24.6. The van der Waals surface area contributed by atoms with Gasteiger partial charge >= 0.3 is 26.7 Å². The quantitative estimate of drug-likeness (QED) is 0.495. The number of carbonyl (C=O) groups excluding carboxylic acids is 3. The summed E-state index contributed by atoms with van der Waals surface area (Å²) < 4.78 is 17.0. The van der Waals surface area contributed by atoms with Crippen LogP contribution < -0.4 is 5.73 Å². The van der Waals surface area contributed by atoms with Crippen LogP contribution in [0.15, 0.2) is 91.0 Å². The van der Waals surface area contributed by atoms with Gasteiger partial charge in [0.1, 0.15) is 0 Å². The maximum Gasteiger partial charge on any atom is 0.705 e. The van der Waals surface area contributed by atoms with Crippen LogP contribution in [0.1, 0.15) is 37.5 Å². The number of hydrogen-bond acceptors (Lipinski definition) is 7. The molecule has 0 saturated carbocycles. The van der Waals surface area contributed by atoms with E-state index in [4.69, 9.17) is 19.0 Å². The summed E-state index contributed by atoms with van der Waals surface area (Å²) in [5, 5.41) is 0. The van der Waals surface area contributed by atoms with Crippen LogP contribution in [-0.2, 0) is 13.3 Å². The molecule has 2 N–H and O–H groups in total. The van der Waals surface area contributed by atoms with Gasteiger partial charge in [-0.15, -0.1) is 0 Å². The van der Waals surface area contributed by atoms with E-state index in [2.05, 4.69) is 0 Å². The molecule has 0 aliphatic rings. The van der Waals surface area contributed by atoms with Crippen molar-refractivity contribution in [1.29, 1.82) is 0 Å². The zero-order valence-corrected chi connectivity index (χ0v) is 18.3. The van der Waals surface area contributed by atoms with Crippen molar-refractivity contribution in [2.75, 3.05) is 6.54 Å². The molecule has 8 heteroatoms. The molecule has 0 unspecified atom stereocenters. The van der Waals surface area contributed by atoms with Crippen LogP contribution in [0.5, 0.6) is 0 Å². The summed E-state index contributed by atoms with van der Waals surface area (Å²) in [5.41, 5.74) is 6.38. The molecule has 32 heavy (non-hydrogen) atoms. The van der Waals surface area contributed by atoms with Gasteiger partial charge in [-0.05, 0) is 49.4 Å². The van der Waals surface area contributed by atoms with Crippen molar-refractivity contribution in [2.45, 2.75) is 12.5 Å². The normalized spacial score (nSPS) is 10.8. The number of carbonyl (C=O) groups is 3. The number of hydrogen-bond donors (Lipinski definition) is 1. The molecule has 0 saturated heterocycles. The van der Waals surface area contributed by atoms with Crippen molar-refractivity contribution >= 4 is 26.7 Å². The van der Waals surface area contributed by atoms with Crippen LogP contribution >= 0.6 is 0 Å². The average Bonchev–Trinajstić information content (AvgIpc) is 2.84. The highest BCUT2D eigenvalue weighted by molar-refractivity contribution is 6.66. The lowest BCUT2D eigenvalue weighted by Crippen LogP contribution is -2.50. The van der Waals surface area contributed by atoms with E-state index in [9.17, 15) is 14.4 Å². The molecule has 0 aromatic heterocycles. The van der Waals surface area contributed by atoms with Crippen molar-refractivity contribution in [1.82, 2.24) is 0 Å². The van der Waals surface area contributed by atoms with E-state index in [0.717, 1.165) is 0 Å². The summed E-state index contributed by atoms with van der Waals surface area (Å²) in [5.74, 6) is -2.26. The second-order valence-electron chi connectivity index (χ2n) is 6.84. The zero-order valence-electron chi connectivity index (χ0n) is 17.3. The molecule has 0 amide bonds. The van der Waals surface area contributed by atoms with Crippen molar-refractivity contribution < 1.29 is 27.7 Å². The predicted octanol–water partition coefficient (Wildman–Crippen LogP) is 3.85. The second-order valence-corrected chi connectivity index (χ2v) is 9.32. The van der Waals surface area contributed by atoms with Crippen LogP contribution in [-0.4, -0.2) is 33.3 Å². The van der Waals surface area contributed by atoms with Gasteiger partial charge in [-0.1, -0.05) is 54.6 Å². The fourth-order valence-electron chi connectivity index (χ4n) is 2.86. The van der Waals surface area contributed by atoms with Crippen LogP contribution in [0.3, 0.4) is 0 Å². The molecule has 0 heterocycles. The minimum Gasteiger partial charge on any atom is -0.451 e. The third kappa shape index (κ3) is 6.13. The van der Waals surface area contributed by atoms with Gasteiger partial charge in [-0.3, -0.25) is 0 Å². The Morgan fingerprint density at radius 2 is 0.906 bits per heavy atom. The van der Waals surface area contributed by atoms with Crippen LogP contribution in [0.2, 0.25) is 6.04 Å². The van der Waals surface area contributed by atoms with Crippen molar-refractivity contribution in [3.8, 4) is 0 Å². The molecule has 0 atom stereocenters. The second kappa shape index (κ2) is 11.0. The molecule has 0 fully saturated rings. The van der Waals surface area contributed by atoms with Gasteiger partial charge in [0, 0.05) is 0 Å². The van der Waals surface area contributed by atoms with Crippen molar-refractivity contribution in [2.24, 2.45) is 5.73 Å². The van der Waals surface area contributed by atoms with Gasteiger partial charge < -0.3 is 19.0 Å². The fraction of sp³-hybridized carbons (Fsp3) is 0.125. The first kappa shape index (κ1) is 22.9. The van der Waals surface area contributed by atoms with E-state index in [1.165, 1.54) is 0 Å². The van der Waals surface area contributed by atoms with E-state index in [1.807, 2.05) is 0 Å². The lowest BCUT2D eigenvalue weighted by Gasteiger charge is -2.27. The lowest BCUT2D eigenvalue weighted by atomic mass is 10.2. The summed E-state index contributed by atoms with van der Waals surface area (Å²) >= 11 is 0. The van der Waals surface area contributed by atoms with Gasteiger partial charge in [-0.2, -0.15) is 0 Å². The maximum absolute atomic E-state index is 12.9. The molecule has 0 bridgehead atoms. The van der Waals surface area contributed by atoms with Gasteiger partial charge in [0.15, 0.2) is 0 Å². The molecule has 3 aromatic carbocycles. The van der Waals surface area contributed by atoms with E-state index in [1.54, 1.807) is 91.0 Å². The highest BCUT2D eigenvalue weighted by atomic mass is 28.4. The van der Waals surface area contributed by atoms with Gasteiger partial charge in [0.2, 0.25) is 0 Å². The minimum absolute atomic E-state index is 0.000773. The van der Waals surface area contributed by atoms with Crippen LogP contribution in [0.4, 0.5) is 0 Å². The predicted molar refractivity (Wildman–Crippen MR) is 120 cm³/mol. The summed E-state index contributed by atoms with van der Waals surface area (Å²) in [7, 11) is -4.18. The summed E-state index contributed by atoms with van der Waals surface area (Å²) in [4.78, 5) is 38.6. The third-order valence-electron chi connectivity index (χ3n) is 4.46. The van der Waals surface area contributed by atoms with Gasteiger partial charge in [0.05, 0.1) is 22.7 Å². The summed E-state index contributed by atoms with van der Waals surface area (Å²) in [6.07, 6.45) is 0.318. The number of benzene rings is 3. The van der Waals surface area contributed by atoms with Crippen LogP contribution in [0, 0.1) is 0 Å². The Hall–Kier alpha value is -3.75. The molecule has 0 radical (unpaired) electrons. The SMILES string of the molecule is NCCC[Si](OC(=O)c1ccccc1)(OC(=O)c1ccccc1)OC(=O)c1ccccc1. The Labute approximate surface area is 187 Å². The highest BCUT2D eigenvalue weighted by Gasteiger charge is 2.53. The van der Waals surface area contributed by atoms with Gasteiger partial charge in [0.25, 0.3) is 0 Å². The molecule has 164 valence electrons. The Kier molecular flexibility index (Phi) is 7.90. The zero-order chi connectivity index (χ0) is 22.8. The van der Waals surface area contributed by atoms with Crippen molar-refractivity contribution in [3.05, 3.63) is 108 Å². The third-order valence-corrected chi connectivity index (χ3v) is 6.92. The largest absolute Gasteiger partial charge is 0.705 e. The molecule has 3 aromatic rings. The van der Waals surface area contributed by atoms with E-state index >= 15 is 0 Å². The number of nitrogens with two attached hydrogens (primary N) is 1. The van der Waals surface area contributed by atoms with E-state index in [-0.39, 0.29) is 29.3 Å². The molecular formula is C24H23NO6Si. The minimum atomic E-state index is -4.18. The lowest BCUT2D eigenvalue weighted by molar-refractivity contribution is 0.0320. The van der Waals surface area contributed by atoms with E-state index < -0.39 is 26.7 Å². The Morgan fingerprint density at radius 1 is 0.594 bits per heavy atom. The van der Waals surface area contributed by atoms with Crippen LogP contribution in [0.25, 0.3) is 0 Å². The molecular weight excluding hydrogens is 426 g/mol. The Balaban J connectivity index is 1.95. The first-order valence-corrected chi connectivity index (χ1v) is 12.0. The average molecular weight is 450 g/mol. The van der Waals surface area contributed by atoms with Gasteiger partial charge in [-0.25, -0.2) is 14.4 Å². The monoisotopic (exact) mass is 449 g/mol. The molecule has 0 aliphatic heterocycles. The Bertz CT molecular complexity index is 914.